The lowest BCUT2D eigenvalue weighted by Gasteiger charge is -2.22. The Bertz CT molecular complexity index is 1180. The van der Waals surface area contributed by atoms with Crippen molar-refractivity contribution < 1.29 is 14.6 Å². The summed E-state index contributed by atoms with van der Waals surface area (Å²) in [6, 6.07) is 7.25. The summed E-state index contributed by atoms with van der Waals surface area (Å²) in [6.45, 7) is 4.81. The third kappa shape index (κ3) is 3.36. The maximum Gasteiger partial charge on any atom is 0.258 e. The normalized spacial score (nSPS) is 20.5. The fourth-order valence-electron chi connectivity index (χ4n) is 4.53. The van der Waals surface area contributed by atoms with Crippen molar-refractivity contribution in [3.63, 3.8) is 0 Å². The summed E-state index contributed by atoms with van der Waals surface area (Å²) < 4.78 is 7.83. The van der Waals surface area contributed by atoms with E-state index >= 15 is 0 Å². The Kier molecular flexibility index (Phi) is 5.10. The number of para-hydroxylation sites is 1. The Morgan fingerprint density at radius 1 is 1.29 bits per heavy atom. The van der Waals surface area contributed by atoms with Gasteiger partial charge in [-0.25, -0.2) is 9.50 Å². The summed E-state index contributed by atoms with van der Waals surface area (Å²) in [5.41, 5.74) is 4.79. The van der Waals surface area contributed by atoms with Crippen molar-refractivity contribution in [3.8, 4) is 5.75 Å². The SMILES string of the molecule is CCc1nc2c3c(nn2c(C)c1Cl)CN(C(=O)c1ccccc1O[C@H]1CCC[C@@H]1O)C3. The number of carbonyl (C=O) groups is 1. The van der Waals surface area contributed by atoms with Gasteiger partial charge in [0, 0.05) is 5.56 Å². The van der Waals surface area contributed by atoms with Crippen LogP contribution in [0.5, 0.6) is 5.75 Å². The van der Waals surface area contributed by atoms with E-state index in [-0.39, 0.29) is 12.0 Å². The molecule has 0 radical (unpaired) electrons. The van der Waals surface area contributed by atoms with Crippen LogP contribution in [0.4, 0.5) is 0 Å². The third-order valence-corrected chi connectivity index (χ3v) is 6.79. The van der Waals surface area contributed by atoms with Gasteiger partial charge in [0.1, 0.15) is 11.9 Å². The first-order valence-corrected chi connectivity index (χ1v) is 11.1. The first-order chi connectivity index (χ1) is 15.0. The average Bonchev–Trinajstić information content (AvgIpc) is 3.46. The maximum atomic E-state index is 13.4. The minimum Gasteiger partial charge on any atom is -0.487 e. The van der Waals surface area contributed by atoms with Crippen molar-refractivity contribution in [2.45, 2.75) is 64.8 Å². The number of carbonyl (C=O) groups excluding carboxylic acids is 1. The molecule has 1 aromatic carbocycles. The summed E-state index contributed by atoms with van der Waals surface area (Å²) in [6.07, 6.45) is 2.44. The lowest BCUT2D eigenvalue weighted by Crippen LogP contribution is -2.29. The molecule has 2 aliphatic rings. The van der Waals surface area contributed by atoms with Crippen molar-refractivity contribution in [1.29, 1.82) is 0 Å². The van der Waals surface area contributed by atoms with E-state index in [0.717, 1.165) is 54.0 Å². The number of ether oxygens (including phenoxy) is 1. The second-order valence-corrected chi connectivity index (χ2v) is 8.66. The molecule has 5 rings (SSSR count). The van der Waals surface area contributed by atoms with Crippen LogP contribution < -0.4 is 4.74 Å². The molecule has 1 aliphatic carbocycles. The van der Waals surface area contributed by atoms with Crippen LogP contribution in [-0.4, -0.2) is 42.7 Å². The number of benzene rings is 1. The Labute approximate surface area is 185 Å². The number of aromatic nitrogens is 3. The van der Waals surface area contributed by atoms with Gasteiger partial charge >= 0.3 is 0 Å². The zero-order chi connectivity index (χ0) is 21.7. The average molecular weight is 441 g/mol. The molecule has 0 bridgehead atoms. The molecule has 1 saturated carbocycles. The number of nitrogens with zero attached hydrogens (tertiary/aromatic N) is 4. The number of hydrogen-bond acceptors (Lipinski definition) is 5. The highest BCUT2D eigenvalue weighted by Gasteiger charge is 2.33. The van der Waals surface area contributed by atoms with Gasteiger partial charge in [0.2, 0.25) is 0 Å². The number of aliphatic hydroxyl groups excluding tert-OH is 1. The minimum absolute atomic E-state index is 0.111. The maximum absolute atomic E-state index is 13.4. The molecular weight excluding hydrogens is 416 g/mol. The molecule has 162 valence electrons. The van der Waals surface area contributed by atoms with E-state index in [9.17, 15) is 9.90 Å². The summed E-state index contributed by atoms with van der Waals surface area (Å²) in [5.74, 6) is 0.409. The summed E-state index contributed by atoms with van der Waals surface area (Å²) in [7, 11) is 0. The van der Waals surface area contributed by atoms with Crippen LogP contribution >= 0.6 is 11.6 Å². The van der Waals surface area contributed by atoms with E-state index in [1.807, 2.05) is 26.0 Å². The number of aryl methyl sites for hydroxylation is 2. The summed E-state index contributed by atoms with van der Waals surface area (Å²) >= 11 is 6.43. The molecule has 1 fully saturated rings. The van der Waals surface area contributed by atoms with Crippen molar-refractivity contribution in [1.82, 2.24) is 19.5 Å². The molecule has 0 spiro atoms. The van der Waals surface area contributed by atoms with Gasteiger partial charge in [0.15, 0.2) is 5.65 Å². The van der Waals surface area contributed by atoms with E-state index in [4.69, 9.17) is 21.3 Å². The first kappa shape index (κ1) is 20.3. The molecule has 1 aliphatic heterocycles. The van der Waals surface area contributed by atoms with Crippen molar-refractivity contribution in [2.75, 3.05) is 0 Å². The topological polar surface area (TPSA) is 80.0 Å². The van der Waals surface area contributed by atoms with Gasteiger partial charge in [-0.1, -0.05) is 30.7 Å². The molecule has 1 amide bonds. The molecule has 31 heavy (non-hydrogen) atoms. The number of aliphatic hydroxyl groups is 1. The van der Waals surface area contributed by atoms with E-state index in [1.54, 1.807) is 21.5 Å². The molecule has 0 unspecified atom stereocenters. The number of rotatable bonds is 4. The number of halogens is 1. The highest BCUT2D eigenvalue weighted by molar-refractivity contribution is 6.31. The zero-order valence-electron chi connectivity index (χ0n) is 17.6. The van der Waals surface area contributed by atoms with Crippen LogP contribution in [-0.2, 0) is 19.5 Å². The highest BCUT2D eigenvalue weighted by atomic mass is 35.5. The largest absolute Gasteiger partial charge is 0.487 e. The van der Waals surface area contributed by atoms with Crippen LogP contribution in [0, 0.1) is 6.92 Å². The smallest absolute Gasteiger partial charge is 0.258 e. The van der Waals surface area contributed by atoms with Gasteiger partial charge in [-0.2, -0.15) is 5.10 Å². The van der Waals surface area contributed by atoms with E-state index in [2.05, 4.69) is 5.10 Å². The number of hydrogen-bond donors (Lipinski definition) is 1. The zero-order valence-corrected chi connectivity index (χ0v) is 18.4. The van der Waals surface area contributed by atoms with Crippen molar-refractivity contribution in [2.24, 2.45) is 0 Å². The highest BCUT2D eigenvalue weighted by Crippen LogP contribution is 2.32. The fraction of sp³-hybridized carbons (Fsp3) is 0.435. The fourth-order valence-corrected chi connectivity index (χ4v) is 4.79. The molecular formula is C23H25ClN4O3. The van der Waals surface area contributed by atoms with Gasteiger partial charge in [0.25, 0.3) is 5.91 Å². The predicted molar refractivity (Wildman–Crippen MR) is 116 cm³/mol. The number of amides is 1. The van der Waals surface area contributed by atoms with E-state index < -0.39 is 6.10 Å². The van der Waals surface area contributed by atoms with Gasteiger partial charge in [0.05, 0.1) is 46.9 Å². The van der Waals surface area contributed by atoms with Crippen molar-refractivity contribution in [3.05, 3.63) is 57.5 Å². The first-order valence-electron chi connectivity index (χ1n) is 10.8. The van der Waals surface area contributed by atoms with Crippen LogP contribution in [0.25, 0.3) is 5.65 Å². The molecule has 3 heterocycles. The Morgan fingerprint density at radius 2 is 2.10 bits per heavy atom. The van der Waals surface area contributed by atoms with E-state index in [0.29, 0.717) is 29.4 Å². The van der Waals surface area contributed by atoms with E-state index in [1.165, 1.54) is 0 Å². The van der Waals surface area contributed by atoms with Gasteiger partial charge in [-0.15, -0.1) is 0 Å². The van der Waals surface area contributed by atoms with Crippen LogP contribution in [0.15, 0.2) is 24.3 Å². The molecule has 2 aromatic heterocycles. The molecule has 8 heteroatoms. The second-order valence-electron chi connectivity index (χ2n) is 8.28. The third-order valence-electron chi connectivity index (χ3n) is 6.29. The lowest BCUT2D eigenvalue weighted by molar-refractivity contribution is 0.0573. The Morgan fingerprint density at radius 3 is 2.84 bits per heavy atom. The van der Waals surface area contributed by atoms with Crippen LogP contribution in [0.3, 0.4) is 0 Å². The van der Waals surface area contributed by atoms with Gasteiger partial charge in [-0.3, -0.25) is 4.79 Å². The van der Waals surface area contributed by atoms with Gasteiger partial charge in [-0.05, 0) is 44.7 Å². The predicted octanol–water partition coefficient (Wildman–Crippen LogP) is 3.70. The number of fused-ring (bicyclic) bond motifs is 3. The quantitative estimate of drug-likeness (QED) is 0.669. The Balaban J connectivity index is 1.43. The molecule has 1 N–H and O–H groups in total. The van der Waals surface area contributed by atoms with Crippen LogP contribution in [0.1, 0.15) is 59.2 Å². The van der Waals surface area contributed by atoms with Gasteiger partial charge < -0.3 is 14.7 Å². The molecule has 0 saturated heterocycles. The standard InChI is InChI=1S/C23H25ClN4O3/c1-3-16-21(24)13(2)28-22(25-16)15-11-27(12-17(15)26-28)23(30)14-7-4-5-9-19(14)31-20-10-6-8-18(20)29/h4-5,7,9,18,20,29H,3,6,8,10-12H2,1-2H3/t18-,20-/m0/s1. The Hall–Kier alpha value is -2.64. The monoisotopic (exact) mass is 440 g/mol. The lowest BCUT2D eigenvalue weighted by atomic mass is 10.1. The second kappa shape index (κ2) is 7.80. The molecule has 3 aromatic rings. The van der Waals surface area contributed by atoms with Crippen molar-refractivity contribution >= 4 is 23.2 Å². The molecule has 2 atom stereocenters. The molecule has 7 nitrogen and oxygen atoms in total. The van der Waals surface area contributed by atoms with Crippen LogP contribution in [0.2, 0.25) is 5.02 Å². The summed E-state index contributed by atoms with van der Waals surface area (Å²) in [4.78, 5) is 19.9. The summed E-state index contributed by atoms with van der Waals surface area (Å²) in [5, 5.41) is 15.4. The minimum atomic E-state index is -0.485.